The van der Waals surface area contributed by atoms with Gasteiger partial charge < -0.3 is 16.0 Å². The van der Waals surface area contributed by atoms with Gasteiger partial charge in [-0.2, -0.15) is 0 Å². The summed E-state index contributed by atoms with van der Waals surface area (Å²) >= 11 is 0. The SMILES string of the molecule is O=C(CCCNc1ccc([N+](=O)[O-])cc1)Nc1ccccc1C(=O)NC1CC1. The smallest absolute Gasteiger partial charge is 0.269 e. The van der Waals surface area contributed by atoms with Crippen LogP contribution in [0.3, 0.4) is 0 Å². The molecule has 0 heterocycles. The molecule has 0 aromatic heterocycles. The van der Waals surface area contributed by atoms with Gasteiger partial charge in [0, 0.05) is 36.8 Å². The third-order valence-electron chi connectivity index (χ3n) is 4.35. The number of carbonyl (C=O) groups is 2. The molecule has 0 saturated heterocycles. The Morgan fingerprint density at radius 3 is 2.46 bits per heavy atom. The Morgan fingerprint density at radius 2 is 1.79 bits per heavy atom. The maximum Gasteiger partial charge on any atom is 0.269 e. The first-order valence-electron chi connectivity index (χ1n) is 9.21. The Bertz CT molecular complexity index is 863. The molecular weight excluding hydrogens is 360 g/mol. The molecule has 8 heteroatoms. The van der Waals surface area contributed by atoms with Crippen LogP contribution in [-0.2, 0) is 4.79 Å². The predicted molar refractivity (Wildman–Crippen MR) is 106 cm³/mol. The van der Waals surface area contributed by atoms with E-state index in [1.165, 1.54) is 12.1 Å². The Kier molecular flexibility index (Phi) is 6.21. The molecule has 0 atom stereocenters. The molecule has 2 aromatic rings. The summed E-state index contributed by atoms with van der Waals surface area (Å²) in [5.41, 5.74) is 1.77. The summed E-state index contributed by atoms with van der Waals surface area (Å²) in [7, 11) is 0. The maximum atomic E-state index is 12.3. The second-order valence-electron chi connectivity index (χ2n) is 6.68. The molecule has 1 aliphatic rings. The van der Waals surface area contributed by atoms with Crippen LogP contribution >= 0.6 is 0 Å². The lowest BCUT2D eigenvalue weighted by molar-refractivity contribution is -0.384. The number of rotatable bonds is 9. The zero-order valence-corrected chi connectivity index (χ0v) is 15.3. The van der Waals surface area contributed by atoms with Gasteiger partial charge in [-0.05, 0) is 43.5 Å². The Hall–Kier alpha value is -3.42. The van der Waals surface area contributed by atoms with Gasteiger partial charge >= 0.3 is 0 Å². The van der Waals surface area contributed by atoms with Crippen molar-refractivity contribution in [2.75, 3.05) is 17.2 Å². The normalized spacial score (nSPS) is 12.9. The number of nitrogens with zero attached hydrogens (tertiary/aromatic N) is 1. The van der Waals surface area contributed by atoms with Crippen molar-refractivity contribution in [3.63, 3.8) is 0 Å². The van der Waals surface area contributed by atoms with E-state index in [1.54, 1.807) is 36.4 Å². The number of non-ortho nitro benzene ring substituents is 1. The van der Waals surface area contributed by atoms with Crippen molar-refractivity contribution in [3.05, 3.63) is 64.2 Å². The van der Waals surface area contributed by atoms with E-state index in [0.29, 0.717) is 30.6 Å². The summed E-state index contributed by atoms with van der Waals surface area (Å²) in [5, 5.41) is 19.5. The minimum absolute atomic E-state index is 0.0364. The predicted octanol–water partition coefficient (Wildman–Crippen LogP) is 3.32. The number of nitro groups is 1. The summed E-state index contributed by atoms with van der Waals surface area (Å²) in [5.74, 6) is -0.338. The quantitative estimate of drug-likeness (QED) is 0.350. The number of benzene rings is 2. The van der Waals surface area contributed by atoms with Gasteiger partial charge in [-0.25, -0.2) is 0 Å². The number of para-hydroxylation sites is 1. The Labute approximate surface area is 162 Å². The van der Waals surface area contributed by atoms with Crippen LogP contribution in [0.15, 0.2) is 48.5 Å². The first-order chi connectivity index (χ1) is 13.5. The summed E-state index contributed by atoms with van der Waals surface area (Å²) < 4.78 is 0. The van der Waals surface area contributed by atoms with Crippen molar-refractivity contribution in [2.24, 2.45) is 0 Å². The fraction of sp³-hybridized carbons (Fsp3) is 0.300. The van der Waals surface area contributed by atoms with E-state index in [4.69, 9.17) is 0 Å². The fourth-order valence-corrected chi connectivity index (χ4v) is 2.68. The molecule has 0 spiro atoms. The fourth-order valence-electron chi connectivity index (χ4n) is 2.68. The van der Waals surface area contributed by atoms with E-state index in [1.807, 2.05) is 0 Å². The maximum absolute atomic E-state index is 12.3. The number of amides is 2. The van der Waals surface area contributed by atoms with Crippen LogP contribution in [-0.4, -0.2) is 29.3 Å². The molecule has 146 valence electrons. The van der Waals surface area contributed by atoms with E-state index in [-0.39, 0.29) is 23.5 Å². The lowest BCUT2D eigenvalue weighted by Gasteiger charge is -2.11. The van der Waals surface area contributed by atoms with Gasteiger partial charge in [-0.15, -0.1) is 0 Å². The number of hydrogen-bond acceptors (Lipinski definition) is 5. The molecular formula is C20H22N4O4. The molecule has 0 aliphatic heterocycles. The first kappa shape index (κ1) is 19.3. The third kappa shape index (κ3) is 5.54. The lowest BCUT2D eigenvalue weighted by Crippen LogP contribution is -2.27. The Balaban J connectivity index is 1.44. The molecule has 3 rings (SSSR count). The van der Waals surface area contributed by atoms with Gasteiger partial charge in [0.2, 0.25) is 5.91 Å². The topological polar surface area (TPSA) is 113 Å². The molecule has 3 N–H and O–H groups in total. The monoisotopic (exact) mass is 382 g/mol. The average molecular weight is 382 g/mol. The van der Waals surface area contributed by atoms with Gasteiger partial charge in [0.15, 0.2) is 0 Å². The van der Waals surface area contributed by atoms with E-state index in [0.717, 1.165) is 18.5 Å². The largest absolute Gasteiger partial charge is 0.385 e. The van der Waals surface area contributed by atoms with Crippen LogP contribution < -0.4 is 16.0 Å². The number of hydrogen-bond donors (Lipinski definition) is 3. The van der Waals surface area contributed by atoms with Crippen molar-refractivity contribution in [1.29, 1.82) is 0 Å². The molecule has 1 saturated carbocycles. The minimum atomic E-state index is -0.448. The van der Waals surface area contributed by atoms with Crippen LogP contribution in [0.4, 0.5) is 17.1 Å². The highest BCUT2D eigenvalue weighted by atomic mass is 16.6. The second kappa shape index (κ2) is 8.98. The molecule has 0 bridgehead atoms. The van der Waals surface area contributed by atoms with E-state index in [9.17, 15) is 19.7 Å². The van der Waals surface area contributed by atoms with E-state index < -0.39 is 4.92 Å². The molecule has 2 amide bonds. The second-order valence-corrected chi connectivity index (χ2v) is 6.68. The molecule has 0 unspecified atom stereocenters. The standard InChI is InChI=1S/C20H22N4O4/c25-19(6-3-13-21-14-9-11-16(12-10-14)24(27)28)23-18-5-2-1-4-17(18)20(26)22-15-7-8-15/h1-2,4-5,9-12,15,21H,3,6-8,13H2,(H,22,26)(H,23,25). The van der Waals surface area contributed by atoms with E-state index in [2.05, 4.69) is 16.0 Å². The van der Waals surface area contributed by atoms with E-state index >= 15 is 0 Å². The number of carbonyl (C=O) groups excluding carboxylic acids is 2. The van der Waals surface area contributed by atoms with Gasteiger partial charge in [0.05, 0.1) is 16.2 Å². The van der Waals surface area contributed by atoms with Crippen molar-refractivity contribution >= 4 is 28.9 Å². The highest BCUT2D eigenvalue weighted by Crippen LogP contribution is 2.22. The van der Waals surface area contributed by atoms with Crippen LogP contribution in [0.1, 0.15) is 36.0 Å². The highest BCUT2D eigenvalue weighted by molar-refractivity contribution is 6.03. The van der Waals surface area contributed by atoms with Gasteiger partial charge in [-0.3, -0.25) is 19.7 Å². The van der Waals surface area contributed by atoms with Crippen molar-refractivity contribution < 1.29 is 14.5 Å². The van der Waals surface area contributed by atoms with Crippen molar-refractivity contribution in [2.45, 2.75) is 31.7 Å². The number of anilines is 2. The molecule has 8 nitrogen and oxygen atoms in total. The first-order valence-corrected chi connectivity index (χ1v) is 9.21. The molecule has 1 fully saturated rings. The molecule has 2 aromatic carbocycles. The Morgan fingerprint density at radius 1 is 1.07 bits per heavy atom. The number of nitrogens with one attached hydrogen (secondary N) is 3. The average Bonchev–Trinajstić information content (AvgIpc) is 3.50. The minimum Gasteiger partial charge on any atom is -0.385 e. The molecule has 0 radical (unpaired) electrons. The number of nitro benzene ring substituents is 1. The van der Waals surface area contributed by atoms with Crippen LogP contribution in [0.25, 0.3) is 0 Å². The van der Waals surface area contributed by atoms with Crippen molar-refractivity contribution in [3.8, 4) is 0 Å². The molecule has 1 aliphatic carbocycles. The van der Waals surface area contributed by atoms with Gasteiger partial charge in [0.25, 0.3) is 11.6 Å². The zero-order chi connectivity index (χ0) is 19.9. The van der Waals surface area contributed by atoms with Crippen molar-refractivity contribution in [1.82, 2.24) is 5.32 Å². The zero-order valence-electron chi connectivity index (χ0n) is 15.3. The van der Waals surface area contributed by atoms with Gasteiger partial charge in [0.1, 0.15) is 0 Å². The molecule has 28 heavy (non-hydrogen) atoms. The lowest BCUT2D eigenvalue weighted by atomic mass is 10.1. The van der Waals surface area contributed by atoms with Crippen LogP contribution in [0.5, 0.6) is 0 Å². The van der Waals surface area contributed by atoms with Gasteiger partial charge in [-0.1, -0.05) is 12.1 Å². The summed E-state index contributed by atoms with van der Waals surface area (Å²) in [6.45, 7) is 0.551. The van der Waals surface area contributed by atoms with Crippen LogP contribution in [0.2, 0.25) is 0 Å². The highest BCUT2D eigenvalue weighted by Gasteiger charge is 2.24. The summed E-state index contributed by atoms with van der Waals surface area (Å²) in [4.78, 5) is 34.7. The van der Waals surface area contributed by atoms with Crippen LogP contribution in [0, 0.1) is 10.1 Å². The summed E-state index contributed by atoms with van der Waals surface area (Å²) in [6, 6.07) is 13.3. The third-order valence-corrected chi connectivity index (χ3v) is 4.35. The summed E-state index contributed by atoms with van der Waals surface area (Å²) in [6.07, 6.45) is 2.88.